The second-order valence-electron chi connectivity index (χ2n) is 8.83. The van der Waals surface area contributed by atoms with Gasteiger partial charge in [0.2, 0.25) is 0 Å². The fraction of sp³-hybridized carbons (Fsp3) is 0.900. The van der Waals surface area contributed by atoms with Crippen LogP contribution in [0.3, 0.4) is 0 Å². The van der Waals surface area contributed by atoms with Crippen LogP contribution in [0.2, 0.25) is 0 Å². The molecule has 0 aromatic carbocycles. The van der Waals surface area contributed by atoms with Crippen molar-refractivity contribution in [1.82, 2.24) is 0 Å². The summed E-state index contributed by atoms with van der Waals surface area (Å²) in [7, 11) is -4.41. The zero-order chi connectivity index (χ0) is 21.9. The van der Waals surface area contributed by atoms with E-state index in [4.69, 9.17) is 29.0 Å². The Morgan fingerprint density at radius 3 is 2.45 bits per heavy atom. The smallest absolute Gasteiger partial charge is 0.406 e. The number of phosphoric ester groups is 1. The highest BCUT2D eigenvalue weighted by atomic mass is 31.2. The summed E-state index contributed by atoms with van der Waals surface area (Å²) in [4.78, 5) is 10.4. The van der Waals surface area contributed by atoms with Gasteiger partial charge in [-0.1, -0.05) is 13.5 Å². The van der Waals surface area contributed by atoms with Crippen LogP contribution in [-0.2, 0) is 27.8 Å². The summed E-state index contributed by atoms with van der Waals surface area (Å²) < 4.78 is 40.9. The highest BCUT2D eigenvalue weighted by molar-refractivity contribution is 7.47. The van der Waals surface area contributed by atoms with Crippen molar-refractivity contribution in [2.24, 2.45) is 17.6 Å². The SMILES string of the molecule is C=C(OP(=O)(O)O[C@@H]1C[C@H](C)C(N)[C@@H]1COC(C)C)[C@H]1O[C@@H](C)CC1OC(C)C. The first-order chi connectivity index (χ1) is 13.4. The monoisotopic (exact) mass is 435 g/mol. The highest BCUT2D eigenvalue weighted by Gasteiger charge is 2.45. The third-order valence-corrected chi connectivity index (χ3v) is 6.40. The minimum absolute atomic E-state index is 0.00967. The van der Waals surface area contributed by atoms with Crippen LogP contribution in [-0.4, -0.2) is 54.2 Å². The van der Waals surface area contributed by atoms with Crippen LogP contribution < -0.4 is 5.73 Å². The topological polar surface area (TPSA) is 109 Å². The Balaban J connectivity index is 2.00. The van der Waals surface area contributed by atoms with Crippen molar-refractivity contribution < 1.29 is 32.7 Å². The van der Waals surface area contributed by atoms with E-state index in [-0.39, 0.29) is 48.1 Å². The molecule has 1 saturated heterocycles. The van der Waals surface area contributed by atoms with Crippen molar-refractivity contribution in [3.8, 4) is 0 Å². The summed E-state index contributed by atoms with van der Waals surface area (Å²) in [5.74, 6) is -0.00697. The van der Waals surface area contributed by atoms with Crippen LogP contribution in [0.1, 0.15) is 54.4 Å². The lowest BCUT2D eigenvalue weighted by Crippen LogP contribution is -2.37. The van der Waals surface area contributed by atoms with Crippen LogP contribution in [0.4, 0.5) is 0 Å². The van der Waals surface area contributed by atoms with Crippen molar-refractivity contribution >= 4 is 7.82 Å². The first-order valence-electron chi connectivity index (χ1n) is 10.5. The fourth-order valence-electron chi connectivity index (χ4n) is 4.01. The number of hydrogen-bond acceptors (Lipinski definition) is 7. The molecule has 0 bridgehead atoms. The lowest BCUT2D eigenvalue weighted by Gasteiger charge is -2.27. The fourth-order valence-corrected chi connectivity index (χ4v) is 5.04. The molecule has 8 atom stereocenters. The number of phosphoric acid groups is 1. The van der Waals surface area contributed by atoms with Crippen molar-refractivity contribution in [3.05, 3.63) is 12.3 Å². The third-order valence-electron chi connectivity index (χ3n) is 5.40. The lowest BCUT2D eigenvalue weighted by molar-refractivity contribution is -0.0437. The van der Waals surface area contributed by atoms with Crippen LogP contribution >= 0.6 is 7.82 Å². The van der Waals surface area contributed by atoms with Gasteiger partial charge in [-0.15, -0.1) is 0 Å². The molecular formula is C20H38NO7P. The largest absolute Gasteiger partial charge is 0.527 e. The standard InChI is InChI=1S/C20H38NO7P/c1-11(2)24-10-16-17(8-13(5)19(16)21)28-29(22,23)27-15(7)20-18(25-12(3)4)9-14(6)26-20/h11-14,16-20H,7-10,21H2,1-6H3,(H,22,23)/t13-,14-,16+,17+,18?,19?,20+/m0/s1. The molecule has 0 spiro atoms. The normalized spacial score (nSPS) is 37.2. The Kier molecular flexibility index (Phi) is 8.74. The van der Waals surface area contributed by atoms with E-state index in [0.29, 0.717) is 19.4 Å². The van der Waals surface area contributed by atoms with Crippen LogP contribution in [0.5, 0.6) is 0 Å². The zero-order valence-corrected chi connectivity index (χ0v) is 19.3. The summed E-state index contributed by atoms with van der Waals surface area (Å²) in [5, 5.41) is 0. The van der Waals surface area contributed by atoms with Crippen molar-refractivity contribution in [3.63, 3.8) is 0 Å². The van der Waals surface area contributed by atoms with E-state index in [0.717, 1.165) is 0 Å². The number of ether oxygens (including phenoxy) is 3. The molecule has 3 N–H and O–H groups in total. The van der Waals surface area contributed by atoms with E-state index in [9.17, 15) is 9.46 Å². The molecule has 0 aromatic heterocycles. The molecule has 2 aliphatic rings. The zero-order valence-electron chi connectivity index (χ0n) is 18.4. The van der Waals surface area contributed by atoms with Gasteiger partial charge >= 0.3 is 7.82 Å². The van der Waals surface area contributed by atoms with Gasteiger partial charge in [-0.05, 0) is 47.0 Å². The molecule has 29 heavy (non-hydrogen) atoms. The molecule has 1 heterocycles. The van der Waals surface area contributed by atoms with E-state index in [1.807, 2.05) is 41.5 Å². The maximum absolute atomic E-state index is 12.7. The average molecular weight is 435 g/mol. The molecule has 8 nitrogen and oxygen atoms in total. The van der Waals surface area contributed by atoms with Gasteiger partial charge in [0.25, 0.3) is 0 Å². The molecule has 0 amide bonds. The van der Waals surface area contributed by atoms with Gasteiger partial charge in [0.05, 0.1) is 37.1 Å². The highest BCUT2D eigenvalue weighted by Crippen LogP contribution is 2.51. The van der Waals surface area contributed by atoms with E-state index in [2.05, 4.69) is 6.58 Å². The van der Waals surface area contributed by atoms with Gasteiger partial charge in [-0.25, -0.2) is 4.57 Å². The minimum atomic E-state index is -4.41. The molecule has 0 radical (unpaired) electrons. The van der Waals surface area contributed by atoms with E-state index in [1.54, 1.807) is 0 Å². The van der Waals surface area contributed by atoms with Gasteiger partial charge in [0.15, 0.2) is 0 Å². The number of hydrogen-bond donors (Lipinski definition) is 2. The van der Waals surface area contributed by atoms with E-state index >= 15 is 0 Å². The molecule has 1 aliphatic carbocycles. The molecule has 9 heteroatoms. The molecule has 0 aromatic rings. The molecule has 170 valence electrons. The third kappa shape index (κ3) is 7.03. The average Bonchev–Trinajstić information content (AvgIpc) is 3.04. The summed E-state index contributed by atoms with van der Waals surface area (Å²) >= 11 is 0. The quantitative estimate of drug-likeness (QED) is 0.397. The summed E-state index contributed by atoms with van der Waals surface area (Å²) in [6.07, 6.45) is -0.261. The molecule has 3 unspecified atom stereocenters. The van der Waals surface area contributed by atoms with Crippen LogP contribution in [0.25, 0.3) is 0 Å². The maximum Gasteiger partial charge on any atom is 0.527 e. The lowest BCUT2D eigenvalue weighted by atomic mass is 10.0. The maximum atomic E-state index is 12.7. The molecule has 2 rings (SSSR count). The van der Waals surface area contributed by atoms with Crippen molar-refractivity contribution in [2.75, 3.05) is 6.61 Å². The molecule has 1 aliphatic heterocycles. The Hall–Kier alpha value is -0.470. The second kappa shape index (κ2) is 10.2. The van der Waals surface area contributed by atoms with Gasteiger partial charge in [-0.3, -0.25) is 9.42 Å². The Bertz CT molecular complexity index is 599. The molecule has 1 saturated carbocycles. The minimum Gasteiger partial charge on any atom is -0.406 e. The summed E-state index contributed by atoms with van der Waals surface area (Å²) in [5.41, 5.74) is 6.27. The molecule has 2 fully saturated rings. The molecular weight excluding hydrogens is 397 g/mol. The van der Waals surface area contributed by atoms with E-state index < -0.39 is 20.0 Å². The van der Waals surface area contributed by atoms with Crippen molar-refractivity contribution in [2.45, 2.75) is 97.0 Å². The van der Waals surface area contributed by atoms with Crippen LogP contribution in [0.15, 0.2) is 12.3 Å². The van der Waals surface area contributed by atoms with Gasteiger partial charge in [0, 0.05) is 18.4 Å². The predicted molar refractivity (Wildman–Crippen MR) is 110 cm³/mol. The number of rotatable bonds is 10. The first kappa shape index (κ1) is 24.8. The summed E-state index contributed by atoms with van der Waals surface area (Å²) in [6.45, 7) is 15.8. The van der Waals surface area contributed by atoms with Gasteiger partial charge in [-0.2, -0.15) is 0 Å². The summed E-state index contributed by atoms with van der Waals surface area (Å²) in [6, 6.07) is -0.176. The van der Waals surface area contributed by atoms with Crippen molar-refractivity contribution in [1.29, 1.82) is 0 Å². The second-order valence-corrected chi connectivity index (χ2v) is 10.2. The van der Waals surface area contributed by atoms with E-state index in [1.165, 1.54) is 0 Å². The Morgan fingerprint density at radius 1 is 1.21 bits per heavy atom. The predicted octanol–water partition coefficient (Wildman–Crippen LogP) is 3.38. The Labute approximate surface area is 174 Å². The van der Waals surface area contributed by atoms with Gasteiger partial charge in [0.1, 0.15) is 11.9 Å². The first-order valence-corrected chi connectivity index (χ1v) is 12.0. The van der Waals surface area contributed by atoms with Crippen LogP contribution in [0, 0.1) is 11.8 Å². The van der Waals surface area contributed by atoms with Gasteiger partial charge < -0.3 is 24.5 Å². The number of nitrogens with two attached hydrogens (primary N) is 1. The Morgan fingerprint density at radius 2 is 1.86 bits per heavy atom.